The zero-order valence-electron chi connectivity index (χ0n) is 15.9. The van der Waals surface area contributed by atoms with E-state index in [4.69, 9.17) is 4.74 Å². The fourth-order valence-electron chi connectivity index (χ4n) is 3.58. The van der Waals surface area contributed by atoms with Crippen molar-refractivity contribution in [3.05, 3.63) is 83.6 Å². The second kappa shape index (κ2) is 8.13. The third-order valence-electron chi connectivity index (χ3n) is 5.03. The van der Waals surface area contributed by atoms with Crippen LogP contribution >= 0.6 is 0 Å². The number of ether oxygens (including phenoxy) is 1. The van der Waals surface area contributed by atoms with Crippen LogP contribution in [0.2, 0.25) is 0 Å². The van der Waals surface area contributed by atoms with Gasteiger partial charge in [0.05, 0.1) is 12.7 Å². The molecule has 1 aliphatic rings. The van der Waals surface area contributed by atoms with E-state index in [0.29, 0.717) is 12.1 Å². The Bertz CT molecular complexity index is 970. The molecule has 0 saturated heterocycles. The number of nitrogens with zero attached hydrogens (tertiary/aromatic N) is 2. The zero-order valence-corrected chi connectivity index (χ0v) is 15.9. The fourth-order valence-corrected chi connectivity index (χ4v) is 3.58. The van der Waals surface area contributed by atoms with Gasteiger partial charge >= 0.3 is 0 Å². The molecule has 0 spiro atoms. The normalized spacial score (nSPS) is 13.0. The third kappa shape index (κ3) is 3.69. The van der Waals surface area contributed by atoms with Gasteiger partial charge in [-0.3, -0.25) is 4.79 Å². The van der Waals surface area contributed by atoms with Gasteiger partial charge in [-0.1, -0.05) is 36.4 Å². The monoisotopic (exact) mass is 373 g/mol. The first-order valence-corrected chi connectivity index (χ1v) is 9.48. The fraction of sp³-hybridized carbons (Fsp3) is 0.217. The molecule has 1 amide bonds. The average molecular weight is 373 g/mol. The molecule has 2 heterocycles. The van der Waals surface area contributed by atoms with E-state index in [0.717, 1.165) is 36.5 Å². The van der Waals surface area contributed by atoms with Gasteiger partial charge < -0.3 is 15.0 Å². The molecule has 0 bridgehead atoms. The highest BCUT2D eigenvalue weighted by Crippen LogP contribution is 2.32. The Morgan fingerprint density at radius 2 is 1.93 bits per heavy atom. The highest BCUT2D eigenvalue weighted by atomic mass is 16.5. The summed E-state index contributed by atoms with van der Waals surface area (Å²) >= 11 is 0. The summed E-state index contributed by atoms with van der Waals surface area (Å²) < 4.78 is 5.33. The molecule has 0 saturated carbocycles. The molecular weight excluding hydrogens is 350 g/mol. The number of hydrogen-bond donors (Lipinski definition) is 1. The Labute approximate surface area is 165 Å². The summed E-state index contributed by atoms with van der Waals surface area (Å²) in [6.45, 7) is 1.34. The van der Waals surface area contributed by atoms with E-state index in [1.165, 1.54) is 11.3 Å². The predicted octanol–water partition coefficient (Wildman–Crippen LogP) is 4.10. The van der Waals surface area contributed by atoms with Crippen molar-refractivity contribution >= 4 is 17.4 Å². The van der Waals surface area contributed by atoms with Crippen molar-refractivity contribution < 1.29 is 9.53 Å². The van der Waals surface area contributed by atoms with Crippen LogP contribution in [0.25, 0.3) is 0 Å². The van der Waals surface area contributed by atoms with Gasteiger partial charge in [0.15, 0.2) is 0 Å². The van der Waals surface area contributed by atoms with Gasteiger partial charge in [0, 0.05) is 30.5 Å². The van der Waals surface area contributed by atoms with E-state index in [9.17, 15) is 4.79 Å². The number of carbonyl (C=O) groups excluding carboxylic acids is 1. The number of pyridine rings is 1. The Hall–Kier alpha value is -3.34. The minimum absolute atomic E-state index is 0.149. The van der Waals surface area contributed by atoms with Gasteiger partial charge in [-0.15, -0.1) is 0 Å². The molecule has 0 fully saturated rings. The standard InChI is InChI=1S/C23H23N3O2/c1-28-21-11-5-3-8-18(21)15-25-23(27)19-12-13-22(24-16-19)26-14-6-9-17-7-2-4-10-20(17)26/h2-5,7-8,10-13,16H,6,9,14-15H2,1H3,(H,25,27). The lowest BCUT2D eigenvalue weighted by Gasteiger charge is -2.30. The molecule has 5 heteroatoms. The second-order valence-electron chi connectivity index (χ2n) is 6.78. The summed E-state index contributed by atoms with van der Waals surface area (Å²) in [5.41, 5.74) is 4.03. The Morgan fingerprint density at radius 1 is 1.11 bits per heavy atom. The SMILES string of the molecule is COc1ccccc1CNC(=O)c1ccc(N2CCCc3ccccc32)nc1. The van der Waals surface area contributed by atoms with Crippen molar-refractivity contribution in [3.8, 4) is 5.75 Å². The lowest BCUT2D eigenvalue weighted by molar-refractivity contribution is 0.0950. The van der Waals surface area contributed by atoms with Crippen molar-refractivity contribution in [2.45, 2.75) is 19.4 Å². The van der Waals surface area contributed by atoms with Crippen LogP contribution in [-0.2, 0) is 13.0 Å². The number of aromatic nitrogens is 1. The number of rotatable bonds is 5. The van der Waals surface area contributed by atoms with E-state index >= 15 is 0 Å². The summed E-state index contributed by atoms with van der Waals surface area (Å²) in [7, 11) is 1.63. The number of benzene rings is 2. The van der Waals surface area contributed by atoms with Crippen molar-refractivity contribution in [2.75, 3.05) is 18.6 Å². The smallest absolute Gasteiger partial charge is 0.253 e. The van der Waals surface area contributed by atoms with E-state index in [1.54, 1.807) is 13.3 Å². The van der Waals surface area contributed by atoms with Crippen LogP contribution in [0.5, 0.6) is 5.75 Å². The van der Waals surface area contributed by atoms with Crippen molar-refractivity contribution in [1.29, 1.82) is 0 Å². The first kappa shape index (κ1) is 18.0. The molecular formula is C23H23N3O2. The molecule has 5 nitrogen and oxygen atoms in total. The highest BCUT2D eigenvalue weighted by Gasteiger charge is 2.19. The summed E-state index contributed by atoms with van der Waals surface area (Å²) in [6, 6.07) is 19.8. The van der Waals surface area contributed by atoms with Gasteiger partial charge in [-0.25, -0.2) is 4.98 Å². The van der Waals surface area contributed by atoms with E-state index < -0.39 is 0 Å². The minimum Gasteiger partial charge on any atom is -0.496 e. The molecule has 0 atom stereocenters. The number of nitrogens with one attached hydrogen (secondary N) is 1. The number of anilines is 2. The van der Waals surface area contributed by atoms with E-state index in [2.05, 4.69) is 39.5 Å². The average Bonchev–Trinajstić information content (AvgIpc) is 2.77. The van der Waals surface area contributed by atoms with E-state index in [-0.39, 0.29) is 5.91 Å². The maximum absolute atomic E-state index is 12.5. The van der Waals surface area contributed by atoms with Crippen molar-refractivity contribution in [1.82, 2.24) is 10.3 Å². The number of methoxy groups -OCH3 is 1. The topological polar surface area (TPSA) is 54.5 Å². The first-order valence-electron chi connectivity index (χ1n) is 9.48. The van der Waals surface area contributed by atoms with Crippen LogP contribution in [0, 0.1) is 0 Å². The molecule has 1 aliphatic heterocycles. The molecule has 1 N–H and O–H groups in total. The van der Waals surface area contributed by atoms with Crippen LogP contribution in [0.1, 0.15) is 27.9 Å². The van der Waals surface area contributed by atoms with Gasteiger partial charge in [-0.2, -0.15) is 0 Å². The molecule has 0 radical (unpaired) electrons. The first-order chi connectivity index (χ1) is 13.8. The minimum atomic E-state index is -0.149. The van der Waals surface area contributed by atoms with Crippen molar-refractivity contribution in [3.63, 3.8) is 0 Å². The summed E-state index contributed by atoms with van der Waals surface area (Å²) in [5, 5.41) is 2.93. The van der Waals surface area contributed by atoms with Gasteiger partial charge in [0.2, 0.25) is 0 Å². The van der Waals surface area contributed by atoms with Gasteiger partial charge in [0.1, 0.15) is 11.6 Å². The highest BCUT2D eigenvalue weighted by molar-refractivity contribution is 5.94. The predicted molar refractivity (Wildman–Crippen MR) is 110 cm³/mol. The summed E-state index contributed by atoms with van der Waals surface area (Å²) in [5.74, 6) is 1.48. The van der Waals surface area contributed by atoms with Gasteiger partial charge in [0.25, 0.3) is 5.91 Å². The summed E-state index contributed by atoms with van der Waals surface area (Å²) in [6.07, 6.45) is 3.83. The molecule has 28 heavy (non-hydrogen) atoms. The second-order valence-corrected chi connectivity index (χ2v) is 6.78. The van der Waals surface area contributed by atoms with Gasteiger partial charge in [-0.05, 0) is 42.7 Å². The van der Waals surface area contributed by atoms with E-state index in [1.807, 2.05) is 36.4 Å². The maximum Gasteiger partial charge on any atom is 0.253 e. The quantitative estimate of drug-likeness (QED) is 0.731. The Kier molecular flexibility index (Phi) is 5.24. The largest absolute Gasteiger partial charge is 0.496 e. The molecule has 0 aliphatic carbocycles. The number of carbonyl (C=O) groups is 1. The lowest BCUT2D eigenvalue weighted by Crippen LogP contribution is -2.26. The molecule has 1 aromatic heterocycles. The molecule has 142 valence electrons. The van der Waals surface area contributed by atoms with Crippen LogP contribution in [0.3, 0.4) is 0 Å². The molecule has 2 aromatic carbocycles. The number of aryl methyl sites for hydroxylation is 1. The molecule has 4 rings (SSSR count). The number of fused-ring (bicyclic) bond motifs is 1. The van der Waals surface area contributed by atoms with Crippen LogP contribution < -0.4 is 15.0 Å². The van der Waals surface area contributed by atoms with Crippen molar-refractivity contribution in [2.24, 2.45) is 0 Å². The Balaban J connectivity index is 1.46. The number of para-hydroxylation sites is 2. The summed E-state index contributed by atoms with van der Waals surface area (Å²) in [4.78, 5) is 19.3. The van der Waals surface area contributed by atoms with Crippen LogP contribution in [-0.4, -0.2) is 24.5 Å². The van der Waals surface area contributed by atoms with Crippen LogP contribution in [0.4, 0.5) is 11.5 Å². The number of hydrogen-bond acceptors (Lipinski definition) is 4. The van der Waals surface area contributed by atoms with Crippen LogP contribution in [0.15, 0.2) is 66.9 Å². The maximum atomic E-state index is 12.5. The third-order valence-corrected chi connectivity index (χ3v) is 5.03. The Morgan fingerprint density at radius 3 is 2.75 bits per heavy atom. The molecule has 0 unspecified atom stereocenters. The molecule has 3 aromatic rings. The zero-order chi connectivity index (χ0) is 19.3. The lowest BCUT2D eigenvalue weighted by atomic mass is 10.0. The number of amides is 1.